The van der Waals surface area contributed by atoms with Crippen LogP contribution in [0.2, 0.25) is 5.15 Å². The smallest absolute Gasteiger partial charge is 0.230 e. The van der Waals surface area contributed by atoms with E-state index in [0.717, 1.165) is 24.2 Å². The van der Waals surface area contributed by atoms with Crippen molar-refractivity contribution >= 4 is 41.0 Å². The molecule has 2 aromatic rings. The first-order valence-corrected chi connectivity index (χ1v) is 14.3. The predicted molar refractivity (Wildman–Crippen MR) is 148 cm³/mol. The van der Waals surface area contributed by atoms with E-state index >= 15 is 0 Å². The molecule has 1 fully saturated rings. The quantitative estimate of drug-likeness (QED) is 0.169. The highest BCUT2D eigenvalue weighted by Crippen LogP contribution is 2.25. The Balaban J connectivity index is 1.50. The van der Waals surface area contributed by atoms with Crippen LogP contribution in [-0.4, -0.2) is 58.1 Å². The summed E-state index contributed by atoms with van der Waals surface area (Å²) in [7, 11) is 0. The van der Waals surface area contributed by atoms with Gasteiger partial charge < -0.3 is 15.1 Å². The molecule has 1 aliphatic heterocycles. The molecule has 0 spiro atoms. The predicted octanol–water partition coefficient (Wildman–Crippen LogP) is 5.50. The summed E-state index contributed by atoms with van der Waals surface area (Å²) >= 11 is 7.57. The summed E-state index contributed by atoms with van der Waals surface area (Å²) < 4.78 is 0. The highest BCUT2D eigenvalue weighted by atomic mass is 35.5. The van der Waals surface area contributed by atoms with Crippen molar-refractivity contribution in [1.29, 1.82) is 0 Å². The molecular formula is C27H38ClN5O2S. The third kappa shape index (κ3) is 8.66. The van der Waals surface area contributed by atoms with Crippen LogP contribution in [0.3, 0.4) is 0 Å². The van der Waals surface area contributed by atoms with Crippen molar-refractivity contribution < 1.29 is 9.59 Å². The van der Waals surface area contributed by atoms with Gasteiger partial charge in [-0.25, -0.2) is 9.97 Å². The largest absolute Gasteiger partial charge is 0.353 e. The van der Waals surface area contributed by atoms with Gasteiger partial charge in [0.25, 0.3) is 0 Å². The number of carbonyl (C=O) groups excluding carboxylic acids is 2. The van der Waals surface area contributed by atoms with Crippen LogP contribution < -0.4 is 10.2 Å². The third-order valence-corrected chi connectivity index (χ3v) is 7.48. The van der Waals surface area contributed by atoms with Crippen molar-refractivity contribution in [2.24, 2.45) is 0 Å². The second-order valence-electron chi connectivity index (χ2n) is 9.37. The number of nitrogens with one attached hydrogen (secondary N) is 1. The molecule has 2 amide bonds. The van der Waals surface area contributed by atoms with E-state index in [0.29, 0.717) is 36.4 Å². The van der Waals surface area contributed by atoms with Gasteiger partial charge in [-0.15, -0.1) is 0 Å². The molecule has 1 saturated heterocycles. The Morgan fingerprint density at radius 1 is 1.14 bits per heavy atom. The van der Waals surface area contributed by atoms with Gasteiger partial charge in [0.2, 0.25) is 11.8 Å². The molecule has 2 atom stereocenters. The third-order valence-electron chi connectivity index (χ3n) is 6.44. The molecule has 2 heterocycles. The van der Waals surface area contributed by atoms with Gasteiger partial charge in [0, 0.05) is 38.2 Å². The Hall–Kier alpha value is -2.32. The number of unbranched alkanes of at least 4 members (excludes halogenated alkanes) is 4. The Labute approximate surface area is 224 Å². The summed E-state index contributed by atoms with van der Waals surface area (Å²) in [6.07, 6.45) is 6.36. The fourth-order valence-corrected chi connectivity index (χ4v) is 5.30. The molecular weight excluding hydrogens is 494 g/mol. The van der Waals surface area contributed by atoms with Gasteiger partial charge in [-0.2, -0.15) is 0 Å². The molecule has 0 bridgehead atoms. The Morgan fingerprint density at radius 2 is 1.89 bits per heavy atom. The number of nitrogens with zero attached hydrogens (tertiary/aromatic N) is 4. The minimum Gasteiger partial charge on any atom is -0.353 e. The number of hydrogen-bond donors (Lipinski definition) is 1. The molecule has 1 aromatic heterocycles. The number of amides is 2. The minimum atomic E-state index is -0.0862. The van der Waals surface area contributed by atoms with Gasteiger partial charge in [-0.05, 0) is 25.8 Å². The van der Waals surface area contributed by atoms with Gasteiger partial charge in [0.15, 0.2) is 5.16 Å². The van der Waals surface area contributed by atoms with Crippen LogP contribution in [0, 0.1) is 0 Å². The van der Waals surface area contributed by atoms with Gasteiger partial charge in [-0.3, -0.25) is 9.59 Å². The average Bonchev–Trinajstić information content (AvgIpc) is 2.87. The van der Waals surface area contributed by atoms with E-state index in [2.05, 4.69) is 34.0 Å². The van der Waals surface area contributed by atoms with E-state index in [1.54, 1.807) is 6.07 Å². The lowest BCUT2D eigenvalue weighted by atomic mass is 10.1. The Morgan fingerprint density at radius 3 is 2.61 bits per heavy atom. The maximum atomic E-state index is 12.7. The van der Waals surface area contributed by atoms with Crippen molar-refractivity contribution in [3.05, 3.63) is 47.1 Å². The number of carbonyl (C=O) groups is 2. The van der Waals surface area contributed by atoms with E-state index in [-0.39, 0.29) is 29.7 Å². The van der Waals surface area contributed by atoms with Crippen molar-refractivity contribution in [1.82, 2.24) is 20.2 Å². The monoisotopic (exact) mass is 531 g/mol. The summed E-state index contributed by atoms with van der Waals surface area (Å²) in [6, 6.07) is 11.6. The lowest BCUT2D eigenvalue weighted by molar-refractivity contribution is -0.133. The van der Waals surface area contributed by atoms with Crippen molar-refractivity contribution in [2.75, 3.05) is 30.3 Å². The second kappa shape index (κ2) is 14.4. The van der Waals surface area contributed by atoms with E-state index in [4.69, 9.17) is 11.6 Å². The number of rotatable bonds is 12. The SMILES string of the molecule is CCCCCCCC(=O)N1CCN(c2cc(Cl)nc(SCC(=O)NC(C)c3ccccc3)n2)CC1C. The summed E-state index contributed by atoms with van der Waals surface area (Å²) in [5.74, 6) is 1.09. The zero-order valence-corrected chi connectivity index (χ0v) is 23.2. The van der Waals surface area contributed by atoms with Crippen molar-refractivity contribution in [2.45, 2.75) is 76.5 Å². The first kappa shape index (κ1) is 28.3. The zero-order chi connectivity index (χ0) is 25.9. The highest BCUT2D eigenvalue weighted by Gasteiger charge is 2.28. The molecule has 0 aliphatic carbocycles. The molecule has 1 aliphatic rings. The molecule has 0 saturated carbocycles. The fraction of sp³-hybridized carbons (Fsp3) is 0.556. The number of anilines is 1. The van der Waals surface area contributed by atoms with Crippen LogP contribution in [0.25, 0.3) is 0 Å². The normalized spacial score (nSPS) is 16.6. The number of halogens is 1. The summed E-state index contributed by atoms with van der Waals surface area (Å²) in [5.41, 5.74) is 1.06. The molecule has 0 radical (unpaired) electrons. The standard InChI is InChI=1S/C27H38ClN5O2S/c1-4-5-6-7-11-14-26(35)33-16-15-32(18-20(33)2)24-17-23(28)30-27(31-24)36-19-25(34)29-21(3)22-12-9-8-10-13-22/h8-10,12-13,17,20-21H,4-7,11,14-16,18-19H2,1-3H3,(H,29,34). The number of piperazine rings is 1. The molecule has 36 heavy (non-hydrogen) atoms. The van der Waals surface area contributed by atoms with Gasteiger partial charge in [0.1, 0.15) is 11.0 Å². The molecule has 196 valence electrons. The van der Waals surface area contributed by atoms with Crippen molar-refractivity contribution in [3.8, 4) is 0 Å². The molecule has 1 aromatic carbocycles. The first-order chi connectivity index (χ1) is 17.4. The minimum absolute atomic E-state index is 0.0769. The molecule has 1 N–H and O–H groups in total. The van der Waals surface area contributed by atoms with Gasteiger partial charge >= 0.3 is 0 Å². The van der Waals surface area contributed by atoms with Crippen LogP contribution in [-0.2, 0) is 9.59 Å². The lowest BCUT2D eigenvalue weighted by Gasteiger charge is -2.40. The van der Waals surface area contributed by atoms with Gasteiger partial charge in [-0.1, -0.05) is 86.3 Å². The number of aromatic nitrogens is 2. The lowest BCUT2D eigenvalue weighted by Crippen LogP contribution is -2.54. The number of thioether (sulfide) groups is 1. The molecule has 3 rings (SSSR count). The van der Waals surface area contributed by atoms with E-state index in [1.807, 2.05) is 42.2 Å². The topological polar surface area (TPSA) is 78.4 Å². The summed E-state index contributed by atoms with van der Waals surface area (Å²) in [5, 5.41) is 3.83. The van der Waals surface area contributed by atoms with E-state index < -0.39 is 0 Å². The van der Waals surface area contributed by atoms with Crippen molar-refractivity contribution in [3.63, 3.8) is 0 Å². The highest BCUT2D eigenvalue weighted by molar-refractivity contribution is 7.99. The Bertz CT molecular complexity index is 993. The Kier molecular flexibility index (Phi) is 11.3. The van der Waals surface area contributed by atoms with E-state index in [1.165, 1.54) is 31.0 Å². The molecule has 7 nitrogen and oxygen atoms in total. The summed E-state index contributed by atoms with van der Waals surface area (Å²) in [4.78, 5) is 38.3. The van der Waals surface area contributed by atoms with Crippen LogP contribution in [0.1, 0.15) is 70.9 Å². The van der Waals surface area contributed by atoms with Crippen LogP contribution in [0.5, 0.6) is 0 Å². The molecule has 2 unspecified atom stereocenters. The maximum Gasteiger partial charge on any atom is 0.230 e. The molecule has 9 heteroatoms. The zero-order valence-electron chi connectivity index (χ0n) is 21.6. The second-order valence-corrected chi connectivity index (χ2v) is 10.7. The maximum absolute atomic E-state index is 12.7. The number of benzene rings is 1. The van der Waals surface area contributed by atoms with Crippen LogP contribution in [0.4, 0.5) is 5.82 Å². The number of hydrogen-bond acceptors (Lipinski definition) is 6. The van der Waals surface area contributed by atoms with Crippen LogP contribution >= 0.6 is 23.4 Å². The van der Waals surface area contributed by atoms with Gasteiger partial charge in [0.05, 0.1) is 11.8 Å². The average molecular weight is 532 g/mol. The fourth-order valence-electron chi connectivity index (χ4n) is 4.41. The summed E-state index contributed by atoms with van der Waals surface area (Å²) in [6.45, 7) is 8.29. The van der Waals surface area contributed by atoms with Crippen LogP contribution in [0.15, 0.2) is 41.6 Å². The first-order valence-electron chi connectivity index (χ1n) is 12.9. The van der Waals surface area contributed by atoms with E-state index in [9.17, 15) is 9.59 Å².